The van der Waals surface area contributed by atoms with E-state index in [0.717, 1.165) is 30.9 Å². The van der Waals surface area contributed by atoms with E-state index >= 15 is 0 Å². The number of amidine groups is 1. The minimum Gasteiger partial charge on any atom is -0.455 e. The van der Waals surface area contributed by atoms with Crippen LogP contribution in [-0.4, -0.2) is 52.7 Å². The number of aromatic nitrogens is 2. The van der Waals surface area contributed by atoms with Gasteiger partial charge in [-0.3, -0.25) is 10.2 Å². The molecule has 4 heterocycles. The summed E-state index contributed by atoms with van der Waals surface area (Å²) < 4.78 is 6.21. The number of anilines is 1. The summed E-state index contributed by atoms with van der Waals surface area (Å²) in [5, 5.41) is 3.15. The fourth-order valence-corrected chi connectivity index (χ4v) is 4.02. The van der Waals surface area contributed by atoms with Crippen molar-refractivity contribution in [3.05, 3.63) is 42.6 Å². The van der Waals surface area contributed by atoms with Crippen LogP contribution in [-0.2, 0) is 4.74 Å². The third kappa shape index (κ3) is 2.26. The second-order valence-electron chi connectivity index (χ2n) is 6.77. The lowest BCUT2D eigenvalue weighted by Gasteiger charge is -2.32. The molecular formula is C18H19N5O. The highest BCUT2D eigenvalue weighted by Crippen LogP contribution is 2.41. The molecule has 3 atom stereocenters. The maximum atomic E-state index is 6.21. The average molecular weight is 321 g/mol. The van der Waals surface area contributed by atoms with E-state index < -0.39 is 0 Å². The molecule has 1 N–H and O–H groups in total. The van der Waals surface area contributed by atoms with Gasteiger partial charge in [-0.15, -0.1) is 0 Å². The number of nitrogens with zero attached hydrogens (tertiary/aromatic N) is 4. The van der Waals surface area contributed by atoms with E-state index in [-0.39, 0.29) is 5.60 Å². The van der Waals surface area contributed by atoms with Crippen LogP contribution in [0.4, 0.5) is 5.95 Å². The highest BCUT2D eigenvalue weighted by molar-refractivity contribution is 5.89. The van der Waals surface area contributed by atoms with Gasteiger partial charge in [0.2, 0.25) is 5.95 Å². The van der Waals surface area contributed by atoms with Gasteiger partial charge in [0.15, 0.2) is 0 Å². The Bertz CT molecular complexity index is 793. The Morgan fingerprint density at radius 3 is 2.92 bits per heavy atom. The molecule has 122 valence electrons. The van der Waals surface area contributed by atoms with Crippen LogP contribution in [0.15, 0.2) is 47.6 Å². The predicted octanol–water partition coefficient (Wildman–Crippen LogP) is 2.02. The monoisotopic (exact) mass is 321 g/mol. The molecule has 6 heteroatoms. The summed E-state index contributed by atoms with van der Waals surface area (Å²) in [5.41, 5.74) is 1.82. The Morgan fingerprint density at radius 2 is 2.12 bits per heavy atom. The van der Waals surface area contributed by atoms with Crippen LogP contribution in [0.25, 0.3) is 11.3 Å². The third-order valence-electron chi connectivity index (χ3n) is 5.24. The van der Waals surface area contributed by atoms with Gasteiger partial charge < -0.3 is 4.74 Å². The van der Waals surface area contributed by atoms with Crippen molar-refractivity contribution in [2.45, 2.75) is 12.0 Å². The zero-order valence-corrected chi connectivity index (χ0v) is 13.4. The molecule has 1 aromatic carbocycles. The molecule has 3 aliphatic heterocycles. The first-order chi connectivity index (χ1) is 11.8. The van der Waals surface area contributed by atoms with Crippen LogP contribution in [0.3, 0.4) is 0 Å². The quantitative estimate of drug-likeness (QED) is 0.917. The molecule has 0 saturated carbocycles. The normalized spacial score (nSPS) is 30.4. The Morgan fingerprint density at radius 1 is 1.21 bits per heavy atom. The fourth-order valence-electron chi connectivity index (χ4n) is 4.02. The molecule has 6 nitrogen and oxygen atoms in total. The van der Waals surface area contributed by atoms with Crippen LogP contribution < -0.4 is 5.32 Å². The van der Waals surface area contributed by atoms with E-state index in [4.69, 9.17) is 4.74 Å². The lowest BCUT2D eigenvalue weighted by atomic mass is 9.88. The number of nitrogens with one attached hydrogen (secondary N) is 1. The number of rotatable bonds is 2. The second kappa shape index (κ2) is 5.27. The molecule has 2 bridgehead atoms. The lowest BCUT2D eigenvalue weighted by Crippen LogP contribution is -2.46. The van der Waals surface area contributed by atoms with Gasteiger partial charge in [0.25, 0.3) is 6.02 Å². The maximum Gasteiger partial charge on any atom is 0.292 e. The third-order valence-corrected chi connectivity index (χ3v) is 5.24. The average Bonchev–Trinajstić information content (AvgIpc) is 3.33. The van der Waals surface area contributed by atoms with Crippen molar-refractivity contribution in [2.75, 3.05) is 31.5 Å². The van der Waals surface area contributed by atoms with Crippen molar-refractivity contribution in [3.8, 4) is 11.3 Å². The number of hydrogen-bond acceptors (Lipinski definition) is 6. The molecule has 2 fully saturated rings. The molecule has 2 aromatic rings. The Kier molecular flexibility index (Phi) is 3.06. The Balaban J connectivity index is 1.32. The SMILES string of the molecule is c1ccc(-c2ccnc(NC3=NC[C@@]4(CN5CC[C@@H]4C5)O3)n2)cc1. The van der Waals surface area contributed by atoms with Crippen LogP contribution in [0.2, 0.25) is 0 Å². The number of benzene rings is 1. The Labute approximate surface area is 140 Å². The Hall–Kier alpha value is -2.47. The number of aliphatic imine (C=N–C) groups is 1. The van der Waals surface area contributed by atoms with Crippen molar-refractivity contribution in [1.29, 1.82) is 0 Å². The van der Waals surface area contributed by atoms with Gasteiger partial charge in [0.05, 0.1) is 12.2 Å². The van der Waals surface area contributed by atoms with Gasteiger partial charge in [-0.2, -0.15) is 0 Å². The standard InChI is InChI=1S/C18H19N5O/c1-2-4-13(5-3-1)15-6-8-19-16(21-15)22-17-20-11-18(24-17)12-23-9-7-14(18)10-23/h1-6,8,14H,7,9-12H2,(H,19,20,21,22)/t14-,18+/m1/s1. The van der Waals surface area contributed by atoms with Gasteiger partial charge >= 0.3 is 0 Å². The molecule has 1 aromatic heterocycles. The predicted molar refractivity (Wildman–Crippen MR) is 91.8 cm³/mol. The highest BCUT2D eigenvalue weighted by Gasteiger charge is 2.54. The molecular weight excluding hydrogens is 302 g/mol. The first-order valence-electron chi connectivity index (χ1n) is 8.42. The van der Waals surface area contributed by atoms with Crippen LogP contribution >= 0.6 is 0 Å². The van der Waals surface area contributed by atoms with Crippen LogP contribution in [0, 0.1) is 5.92 Å². The fraction of sp³-hybridized carbons (Fsp3) is 0.389. The molecule has 2 saturated heterocycles. The largest absolute Gasteiger partial charge is 0.455 e. The summed E-state index contributed by atoms with van der Waals surface area (Å²) in [6, 6.07) is 12.5. The molecule has 3 aliphatic rings. The van der Waals surface area contributed by atoms with Gasteiger partial charge in [0.1, 0.15) is 5.60 Å². The number of fused-ring (bicyclic) bond motifs is 3. The zero-order valence-electron chi connectivity index (χ0n) is 13.4. The van der Waals surface area contributed by atoms with Crippen molar-refractivity contribution in [1.82, 2.24) is 14.9 Å². The van der Waals surface area contributed by atoms with Crippen LogP contribution in [0.1, 0.15) is 6.42 Å². The number of ether oxygens (including phenoxy) is 1. The van der Waals surface area contributed by atoms with Crippen molar-refractivity contribution >= 4 is 12.0 Å². The van der Waals surface area contributed by atoms with E-state index in [2.05, 4.69) is 25.2 Å². The minimum absolute atomic E-state index is 0.127. The van der Waals surface area contributed by atoms with Crippen molar-refractivity contribution < 1.29 is 4.74 Å². The maximum absolute atomic E-state index is 6.21. The van der Waals surface area contributed by atoms with Crippen molar-refractivity contribution in [3.63, 3.8) is 0 Å². The van der Waals surface area contributed by atoms with Gasteiger partial charge in [-0.1, -0.05) is 30.3 Å². The zero-order chi connectivity index (χ0) is 16.0. The second-order valence-corrected chi connectivity index (χ2v) is 6.77. The summed E-state index contributed by atoms with van der Waals surface area (Å²) in [5.74, 6) is 1.12. The van der Waals surface area contributed by atoms with Gasteiger partial charge in [-0.25, -0.2) is 15.0 Å². The molecule has 0 aliphatic carbocycles. The van der Waals surface area contributed by atoms with E-state index in [1.54, 1.807) is 6.20 Å². The topological polar surface area (TPSA) is 62.6 Å². The van der Waals surface area contributed by atoms with Gasteiger partial charge in [-0.05, 0) is 19.0 Å². The van der Waals surface area contributed by atoms with E-state index in [1.807, 2.05) is 36.4 Å². The van der Waals surface area contributed by atoms with E-state index in [0.29, 0.717) is 17.9 Å². The van der Waals surface area contributed by atoms with E-state index in [9.17, 15) is 0 Å². The summed E-state index contributed by atoms with van der Waals surface area (Å²) in [7, 11) is 0. The minimum atomic E-state index is -0.127. The molecule has 1 spiro atoms. The molecule has 5 rings (SSSR count). The van der Waals surface area contributed by atoms with Crippen LogP contribution in [0.5, 0.6) is 0 Å². The van der Waals surface area contributed by atoms with E-state index in [1.165, 1.54) is 13.0 Å². The first-order valence-corrected chi connectivity index (χ1v) is 8.42. The highest BCUT2D eigenvalue weighted by atomic mass is 16.5. The number of piperidine rings is 1. The molecule has 1 unspecified atom stereocenters. The first kappa shape index (κ1) is 13.9. The van der Waals surface area contributed by atoms with Gasteiger partial charge in [0, 0.05) is 30.8 Å². The summed E-state index contributed by atoms with van der Waals surface area (Å²) in [6.07, 6.45) is 2.97. The summed E-state index contributed by atoms with van der Waals surface area (Å²) in [6.45, 7) is 4.05. The molecule has 0 radical (unpaired) electrons. The molecule has 24 heavy (non-hydrogen) atoms. The lowest BCUT2D eigenvalue weighted by molar-refractivity contribution is 0.0363. The smallest absolute Gasteiger partial charge is 0.292 e. The van der Waals surface area contributed by atoms with Crippen molar-refractivity contribution in [2.24, 2.45) is 10.9 Å². The number of hydrogen-bond donors (Lipinski definition) is 1. The molecule has 0 amide bonds. The summed E-state index contributed by atoms with van der Waals surface area (Å²) >= 11 is 0. The summed E-state index contributed by atoms with van der Waals surface area (Å²) in [4.78, 5) is 15.9.